The van der Waals surface area contributed by atoms with Crippen LogP contribution >= 0.6 is 15.9 Å². The first-order valence-corrected chi connectivity index (χ1v) is 9.77. The van der Waals surface area contributed by atoms with Gasteiger partial charge in [-0.05, 0) is 36.8 Å². The van der Waals surface area contributed by atoms with E-state index in [0.29, 0.717) is 0 Å². The van der Waals surface area contributed by atoms with E-state index in [9.17, 15) is 0 Å². The highest BCUT2D eigenvalue weighted by Crippen LogP contribution is 2.48. The number of hydrogen-bond donors (Lipinski definition) is 0. The van der Waals surface area contributed by atoms with E-state index in [1.807, 2.05) is 30.5 Å². The van der Waals surface area contributed by atoms with Crippen LogP contribution < -0.4 is 4.74 Å². The second-order valence-electron chi connectivity index (χ2n) is 6.95. The molecule has 5 heteroatoms. The zero-order valence-electron chi connectivity index (χ0n) is 14.8. The van der Waals surface area contributed by atoms with Crippen LogP contribution in [0.4, 0.5) is 0 Å². The predicted octanol–water partition coefficient (Wildman–Crippen LogP) is 5.39. The molecule has 0 spiro atoms. The molecule has 0 fully saturated rings. The van der Waals surface area contributed by atoms with E-state index in [2.05, 4.69) is 63.2 Å². The lowest BCUT2D eigenvalue weighted by Crippen LogP contribution is -2.33. The number of aromatic nitrogens is 1. The smallest absolute Gasteiger partial charge is 0.215 e. The van der Waals surface area contributed by atoms with Crippen molar-refractivity contribution in [1.82, 2.24) is 9.99 Å². The predicted molar refractivity (Wildman–Crippen MR) is 109 cm³/mol. The normalized spacial score (nSPS) is 20.5. The monoisotopic (exact) mass is 419 g/mol. The summed E-state index contributed by atoms with van der Waals surface area (Å²) in [6.07, 6.45) is 4.21. The fourth-order valence-electron chi connectivity index (χ4n) is 3.72. The van der Waals surface area contributed by atoms with E-state index >= 15 is 0 Å². The molecule has 2 aromatic carbocycles. The largest absolute Gasteiger partial charge is 0.464 e. The summed E-state index contributed by atoms with van der Waals surface area (Å²) in [5.41, 5.74) is 5.67. The molecule has 0 aliphatic carbocycles. The van der Waals surface area contributed by atoms with Gasteiger partial charge < -0.3 is 4.74 Å². The zero-order chi connectivity index (χ0) is 18.4. The summed E-state index contributed by atoms with van der Waals surface area (Å²) in [5.74, 6) is 0.911. The Kier molecular flexibility index (Phi) is 3.97. The Morgan fingerprint density at radius 3 is 2.74 bits per heavy atom. The van der Waals surface area contributed by atoms with E-state index in [1.165, 1.54) is 5.56 Å². The summed E-state index contributed by atoms with van der Waals surface area (Å²) in [5, 5.41) is 7.06. The molecule has 1 aromatic heterocycles. The third-order valence-electron chi connectivity index (χ3n) is 5.11. The molecule has 2 atom stereocenters. The minimum Gasteiger partial charge on any atom is -0.464 e. The van der Waals surface area contributed by atoms with Crippen molar-refractivity contribution in [3.05, 3.63) is 93.7 Å². The van der Waals surface area contributed by atoms with Crippen molar-refractivity contribution in [1.29, 1.82) is 0 Å². The summed E-state index contributed by atoms with van der Waals surface area (Å²) in [7, 11) is 0. The molecule has 0 amide bonds. The molecule has 5 rings (SSSR count). The Hall–Kier alpha value is -2.66. The van der Waals surface area contributed by atoms with Gasteiger partial charge in [-0.2, -0.15) is 5.10 Å². The fourth-order valence-corrected chi connectivity index (χ4v) is 4.10. The maximum atomic E-state index is 6.35. The van der Waals surface area contributed by atoms with Crippen molar-refractivity contribution in [3.8, 4) is 5.75 Å². The van der Waals surface area contributed by atoms with Crippen LogP contribution in [0, 0.1) is 6.92 Å². The first kappa shape index (κ1) is 16.5. The second-order valence-corrected chi connectivity index (χ2v) is 7.87. The van der Waals surface area contributed by atoms with Crippen LogP contribution in [0.3, 0.4) is 0 Å². The van der Waals surface area contributed by atoms with Crippen molar-refractivity contribution in [2.45, 2.75) is 25.6 Å². The Labute approximate surface area is 166 Å². The molecule has 0 radical (unpaired) electrons. The first-order chi connectivity index (χ1) is 13.2. The molecule has 134 valence electrons. The van der Waals surface area contributed by atoms with E-state index in [-0.39, 0.29) is 12.3 Å². The Morgan fingerprint density at radius 1 is 1.11 bits per heavy atom. The number of rotatable bonds is 2. The van der Waals surface area contributed by atoms with Gasteiger partial charge in [0.25, 0.3) is 0 Å². The average molecular weight is 420 g/mol. The van der Waals surface area contributed by atoms with E-state index < -0.39 is 0 Å². The fraction of sp³-hybridized carbons (Fsp3) is 0.182. The van der Waals surface area contributed by atoms with Crippen molar-refractivity contribution in [3.63, 3.8) is 0 Å². The standard InChI is InChI=1S/C22H18BrN3O/c1-14-4-6-15(7-5-14)19-12-20-18-11-17(23)8-9-21(18)27-22(26(20)25-19)16-3-2-10-24-13-16/h2-11,13,20,22H,12H2,1H3. The van der Waals surface area contributed by atoms with Gasteiger partial charge in [0.1, 0.15) is 5.75 Å². The maximum absolute atomic E-state index is 6.35. The number of ether oxygens (including phenoxy) is 1. The second kappa shape index (κ2) is 6.50. The maximum Gasteiger partial charge on any atom is 0.215 e. The third kappa shape index (κ3) is 2.92. The molecule has 0 bridgehead atoms. The van der Waals surface area contributed by atoms with Crippen LogP contribution in [0.2, 0.25) is 0 Å². The summed E-state index contributed by atoms with van der Waals surface area (Å²) < 4.78 is 7.40. The number of hydrogen-bond acceptors (Lipinski definition) is 4. The first-order valence-electron chi connectivity index (χ1n) is 8.98. The lowest BCUT2D eigenvalue weighted by Gasteiger charge is -2.38. The minimum absolute atomic E-state index is 0.146. The molecule has 0 saturated carbocycles. The van der Waals surface area contributed by atoms with Gasteiger partial charge in [0.2, 0.25) is 6.23 Å². The van der Waals surface area contributed by atoms with Crippen molar-refractivity contribution < 1.29 is 4.74 Å². The molecule has 3 heterocycles. The Balaban J connectivity index is 1.60. The van der Waals surface area contributed by atoms with E-state index in [0.717, 1.165) is 39.0 Å². The molecule has 27 heavy (non-hydrogen) atoms. The van der Waals surface area contributed by atoms with Gasteiger partial charge >= 0.3 is 0 Å². The number of benzene rings is 2. The van der Waals surface area contributed by atoms with Crippen LogP contribution in [0.25, 0.3) is 0 Å². The molecular formula is C22H18BrN3O. The zero-order valence-corrected chi connectivity index (χ0v) is 16.4. The number of pyridine rings is 1. The molecule has 4 nitrogen and oxygen atoms in total. The molecule has 2 aliphatic rings. The van der Waals surface area contributed by atoms with Crippen LogP contribution in [-0.2, 0) is 0 Å². The molecule has 0 saturated heterocycles. The molecule has 2 unspecified atom stereocenters. The minimum atomic E-state index is -0.277. The summed E-state index contributed by atoms with van der Waals surface area (Å²) in [6, 6.07) is 18.9. The molecule has 0 N–H and O–H groups in total. The molecule has 2 aliphatic heterocycles. The number of hydrazone groups is 1. The highest BCUT2D eigenvalue weighted by atomic mass is 79.9. The Bertz CT molecular complexity index is 1020. The SMILES string of the molecule is Cc1ccc(C2=NN3C(C2)c2cc(Br)ccc2OC3c2cccnc2)cc1. The van der Waals surface area contributed by atoms with Crippen LogP contribution in [0.15, 0.2) is 76.6 Å². The van der Waals surface area contributed by atoms with Gasteiger partial charge in [0.15, 0.2) is 0 Å². The van der Waals surface area contributed by atoms with Crippen molar-refractivity contribution in [2.24, 2.45) is 5.10 Å². The third-order valence-corrected chi connectivity index (χ3v) is 5.60. The van der Waals surface area contributed by atoms with Crippen molar-refractivity contribution in [2.75, 3.05) is 0 Å². The summed E-state index contributed by atoms with van der Waals surface area (Å²) in [4.78, 5) is 4.27. The number of aryl methyl sites for hydroxylation is 1. The topological polar surface area (TPSA) is 37.7 Å². The molecular weight excluding hydrogens is 402 g/mol. The number of halogens is 1. The Morgan fingerprint density at radius 2 is 1.96 bits per heavy atom. The quantitative estimate of drug-likeness (QED) is 0.558. The summed E-state index contributed by atoms with van der Waals surface area (Å²) in [6.45, 7) is 2.10. The van der Waals surface area contributed by atoms with Gasteiger partial charge in [0, 0.05) is 34.4 Å². The highest BCUT2D eigenvalue weighted by molar-refractivity contribution is 9.10. The summed E-state index contributed by atoms with van der Waals surface area (Å²) >= 11 is 3.59. The lowest BCUT2D eigenvalue weighted by atomic mass is 9.96. The van der Waals surface area contributed by atoms with E-state index in [1.54, 1.807) is 6.20 Å². The number of nitrogens with zero attached hydrogens (tertiary/aromatic N) is 3. The van der Waals surface area contributed by atoms with Gasteiger partial charge in [-0.1, -0.05) is 51.8 Å². The average Bonchev–Trinajstić information content (AvgIpc) is 3.14. The van der Waals surface area contributed by atoms with Crippen LogP contribution in [-0.4, -0.2) is 15.7 Å². The van der Waals surface area contributed by atoms with E-state index in [4.69, 9.17) is 9.84 Å². The number of fused-ring (bicyclic) bond motifs is 3. The lowest BCUT2D eigenvalue weighted by molar-refractivity contribution is -0.0192. The highest BCUT2D eigenvalue weighted by Gasteiger charge is 2.41. The van der Waals surface area contributed by atoms with Gasteiger partial charge in [-0.25, -0.2) is 5.01 Å². The van der Waals surface area contributed by atoms with Gasteiger partial charge in [-0.3, -0.25) is 4.98 Å². The van der Waals surface area contributed by atoms with Crippen LogP contribution in [0.5, 0.6) is 5.75 Å². The van der Waals surface area contributed by atoms with Gasteiger partial charge in [0.05, 0.1) is 11.8 Å². The van der Waals surface area contributed by atoms with Gasteiger partial charge in [-0.15, -0.1) is 0 Å². The van der Waals surface area contributed by atoms with Crippen molar-refractivity contribution >= 4 is 21.6 Å². The van der Waals surface area contributed by atoms with Crippen LogP contribution in [0.1, 0.15) is 40.9 Å². The molecule has 3 aromatic rings.